The number of imidazole rings is 1. The number of esters is 1. The van der Waals surface area contributed by atoms with Gasteiger partial charge < -0.3 is 15.0 Å². The number of alkyl halides is 3. The van der Waals surface area contributed by atoms with Crippen LogP contribution in [0.25, 0.3) is 16.7 Å². The summed E-state index contributed by atoms with van der Waals surface area (Å²) in [7, 11) is 0. The van der Waals surface area contributed by atoms with Crippen LogP contribution >= 0.6 is 11.6 Å². The van der Waals surface area contributed by atoms with Gasteiger partial charge in [-0.15, -0.1) is 0 Å². The number of nitrogens with zero attached hydrogens (tertiary/aromatic N) is 3. The van der Waals surface area contributed by atoms with Crippen LogP contribution < -0.4 is 5.32 Å². The van der Waals surface area contributed by atoms with Crippen molar-refractivity contribution in [1.82, 2.24) is 25.1 Å². The second-order valence-electron chi connectivity index (χ2n) is 8.97. The van der Waals surface area contributed by atoms with Crippen molar-refractivity contribution in [2.75, 3.05) is 6.61 Å². The normalized spacial score (nSPS) is 13.9. The molecule has 0 radical (unpaired) electrons. The summed E-state index contributed by atoms with van der Waals surface area (Å²) in [5.41, 5.74) is 0.994. The summed E-state index contributed by atoms with van der Waals surface area (Å²) in [5, 5.41) is 7.40. The Balaban J connectivity index is 1.47. The summed E-state index contributed by atoms with van der Waals surface area (Å²) >= 11 is 6.00. The molecule has 0 saturated carbocycles. The molecule has 1 atom stereocenters. The summed E-state index contributed by atoms with van der Waals surface area (Å²) in [6.45, 7) is 3.43. The van der Waals surface area contributed by atoms with E-state index < -0.39 is 29.7 Å². The van der Waals surface area contributed by atoms with Gasteiger partial charge in [-0.25, -0.2) is 14.5 Å². The van der Waals surface area contributed by atoms with Crippen LogP contribution in [0.15, 0.2) is 36.4 Å². The van der Waals surface area contributed by atoms with Gasteiger partial charge in [0.2, 0.25) is 0 Å². The molecule has 0 aliphatic heterocycles. The number of aromatic nitrogens is 4. The summed E-state index contributed by atoms with van der Waals surface area (Å²) in [6, 6.07) is 7.77. The van der Waals surface area contributed by atoms with E-state index in [9.17, 15) is 22.8 Å². The van der Waals surface area contributed by atoms with Gasteiger partial charge in [-0.1, -0.05) is 11.6 Å². The highest BCUT2D eigenvalue weighted by Crippen LogP contribution is 2.37. The Morgan fingerprint density at radius 3 is 2.74 bits per heavy atom. The molecule has 1 unspecified atom stereocenters. The fraction of sp³-hybridized carbons (Fsp3) is 0.308. The summed E-state index contributed by atoms with van der Waals surface area (Å²) < 4.78 is 48.8. The fourth-order valence-corrected chi connectivity index (χ4v) is 4.82. The molecule has 2 heterocycles. The predicted octanol–water partition coefficient (Wildman–Crippen LogP) is 5.58. The van der Waals surface area contributed by atoms with Crippen molar-refractivity contribution in [1.29, 1.82) is 0 Å². The summed E-state index contributed by atoms with van der Waals surface area (Å²) in [4.78, 5) is 32.8. The molecule has 38 heavy (non-hydrogen) atoms. The fourth-order valence-electron chi connectivity index (χ4n) is 4.64. The number of H-pyrrole nitrogens is 1. The lowest BCUT2D eigenvalue weighted by Crippen LogP contribution is -2.28. The van der Waals surface area contributed by atoms with Crippen LogP contribution in [0.2, 0.25) is 5.02 Å². The van der Waals surface area contributed by atoms with E-state index in [0.29, 0.717) is 52.4 Å². The number of aromatic amines is 1. The monoisotopic (exact) mass is 545 g/mol. The van der Waals surface area contributed by atoms with Crippen LogP contribution in [-0.2, 0) is 23.8 Å². The first-order valence-electron chi connectivity index (χ1n) is 12.0. The lowest BCUT2D eigenvalue weighted by Gasteiger charge is -2.17. The van der Waals surface area contributed by atoms with Crippen molar-refractivity contribution >= 4 is 34.5 Å². The minimum Gasteiger partial charge on any atom is -0.461 e. The molecule has 12 heteroatoms. The van der Waals surface area contributed by atoms with Crippen molar-refractivity contribution in [3.8, 4) is 5.69 Å². The van der Waals surface area contributed by atoms with Crippen molar-refractivity contribution in [3.05, 3.63) is 75.3 Å². The molecule has 8 nitrogen and oxygen atoms in total. The average Bonchev–Trinajstić information content (AvgIpc) is 3.58. The molecule has 4 aromatic rings. The van der Waals surface area contributed by atoms with E-state index >= 15 is 0 Å². The summed E-state index contributed by atoms with van der Waals surface area (Å²) in [5.74, 6) is -0.941. The molecule has 0 spiro atoms. The number of hydrogen-bond acceptors (Lipinski definition) is 5. The zero-order valence-corrected chi connectivity index (χ0v) is 21.2. The molecule has 5 rings (SSSR count). The van der Waals surface area contributed by atoms with Gasteiger partial charge in [0.25, 0.3) is 5.91 Å². The van der Waals surface area contributed by atoms with Gasteiger partial charge in [0.05, 0.1) is 34.9 Å². The second-order valence-corrected chi connectivity index (χ2v) is 9.40. The van der Waals surface area contributed by atoms with Crippen LogP contribution in [0.4, 0.5) is 13.2 Å². The van der Waals surface area contributed by atoms with E-state index in [1.165, 1.54) is 12.1 Å². The first kappa shape index (κ1) is 25.8. The van der Waals surface area contributed by atoms with Gasteiger partial charge in [-0.3, -0.25) is 4.79 Å². The highest BCUT2D eigenvalue weighted by Gasteiger charge is 2.37. The number of halogens is 4. The maximum Gasteiger partial charge on any atom is 0.418 e. The van der Waals surface area contributed by atoms with Crippen LogP contribution in [0.5, 0.6) is 0 Å². The molecule has 1 amide bonds. The minimum atomic E-state index is -4.78. The maximum atomic E-state index is 14.2. The van der Waals surface area contributed by atoms with E-state index in [0.717, 1.165) is 10.7 Å². The van der Waals surface area contributed by atoms with Gasteiger partial charge in [0.1, 0.15) is 5.82 Å². The topological polar surface area (TPSA) is 102 Å². The van der Waals surface area contributed by atoms with Crippen molar-refractivity contribution in [2.24, 2.45) is 0 Å². The van der Waals surface area contributed by atoms with E-state index in [-0.39, 0.29) is 23.6 Å². The molecule has 0 saturated heterocycles. The zero-order chi connectivity index (χ0) is 27.2. The van der Waals surface area contributed by atoms with E-state index in [1.54, 1.807) is 32.0 Å². The number of ether oxygens (including phenoxy) is 1. The Bertz CT molecular complexity index is 1560. The Morgan fingerprint density at radius 2 is 2.00 bits per heavy atom. The smallest absolute Gasteiger partial charge is 0.418 e. The first-order chi connectivity index (χ1) is 18.1. The molecule has 2 N–H and O–H groups in total. The van der Waals surface area contributed by atoms with Crippen molar-refractivity contribution in [2.45, 2.75) is 45.3 Å². The summed E-state index contributed by atoms with van der Waals surface area (Å²) in [6.07, 6.45) is -3.09. The predicted molar refractivity (Wildman–Crippen MR) is 134 cm³/mol. The molecular weight excluding hydrogens is 523 g/mol. The SMILES string of the molecule is CCOC(=O)c1nn(-c2ccc(C(=O)NC(C)c3nc4ccc(Cl)cc4[nH]3)cc2C(F)(F)F)c2c1CCC2. The van der Waals surface area contributed by atoms with Gasteiger partial charge in [-0.05, 0) is 69.5 Å². The van der Waals surface area contributed by atoms with Gasteiger partial charge in [0, 0.05) is 21.8 Å². The largest absolute Gasteiger partial charge is 0.461 e. The highest BCUT2D eigenvalue weighted by molar-refractivity contribution is 6.31. The number of hydrogen-bond donors (Lipinski definition) is 2. The zero-order valence-electron chi connectivity index (χ0n) is 20.4. The van der Waals surface area contributed by atoms with E-state index in [1.807, 2.05) is 0 Å². The van der Waals surface area contributed by atoms with Crippen LogP contribution in [-0.4, -0.2) is 38.2 Å². The molecule has 198 valence electrons. The number of amides is 1. The van der Waals surface area contributed by atoms with E-state index in [2.05, 4.69) is 20.4 Å². The van der Waals surface area contributed by atoms with E-state index in [4.69, 9.17) is 16.3 Å². The lowest BCUT2D eigenvalue weighted by atomic mass is 10.1. The Morgan fingerprint density at radius 1 is 1.21 bits per heavy atom. The number of benzene rings is 2. The number of carbonyl (C=O) groups excluding carboxylic acids is 2. The molecule has 1 aliphatic carbocycles. The third-order valence-corrected chi connectivity index (χ3v) is 6.65. The standard InChI is InChI=1S/C26H23ClF3N5O3/c1-3-38-25(37)22-16-5-4-6-20(16)35(34-22)21-10-7-14(11-17(21)26(28,29)30)24(36)31-13(2)23-32-18-9-8-15(27)12-19(18)33-23/h7-13H,3-6H2,1-2H3,(H,31,36)(H,32,33). The van der Waals surface area contributed by atoms with Crippen LogP contribution in [0, 0.1) is 0 Å². The average molecular weight is 546 g/mol. The molecule has 0 bridgehead atoms. The van der Waals surface area contributed by atoms with Crippen LogP contribution in [0.3, 0.4) is 0 Å². The Labute approximate surface area is 220 Å². The number of carbonyl (C=O) groups is 2. The minimum absolute atomic E-state index is 0.0234. The maximum absolute atomic E-state index is 14.2. The number of rotatable bonds is 6. The molecule has 2 aromatic carbocycles. The van der Waals surface area contributed by atoms with Crippen molar-refractivity contribution in [3.63, 3.8) is 0 Å². The molecule has 0 fully saturated rings. The van der Waals surface area contributed by atoms with Gasteiger partial charge in [0.15, 0.2) is 5.69 Å². The van der Waals surface area contributed by atoms with Crippen LogP contribution in [0.1, 0.15) is 69.8 Å². The third-order valence-electron chi connectivity index (χ3n) is 6.41. The second kappa shape index (κ2) is 9.79. The molecular formula is C26H23ClF3N5O3. The van der Waals surface area contributed by atoms with Gasteiger partial charge in [-0.2, -0.15) is 18.3 Å². The van der Waals surface area contributed by atoms with Crippen molar-refractivity contribution < 1.29 is 27.5 Å². The van der Waals surface area contributed by atoms with Gasteiger partial charge >= 0.3 is 12.1 Å². The molecule has 1 aliphatic rings. The molecule has 2 aromatic heterocycles. The quantitative estimate of drug-likeness (QED) is 0.308. The highest BCUT2D eigenvalue weighted by atomic mass is 35.5. The number of fused-ring (bicyclic) bond motifs is 2. The number of nitrogens with one attached hydrogen (secondary N) is 2. The third kappa shape index (κ3) is 4.73. The Hall–Kier alpha value is -3.86. The Kier molecular flexibility index (Phi) is 6.64. The lowest BCUT2D eigenvalue weighted by molar-refractivity contribution is -0.137. The first-order valence-corrected chi connectivity index (χ1v) is 12.4.